The number of rotatable bonds is 6. The van der Waals surface area contributed by atoms with Gasteiger partial charge in [0.2, 0.25) is 0 Å². The van der Waals surface area contributed by atoms with Gasteiger partial charge in [0.15, 0.2) is 0 Å². The van der Waals surface area contributed by atoms with Crippen molar-refractivity contribution in [2.75, 3.05) is 18.1 Å². The maximum atomic E-state index is 11.2. The molecule has 0 aliphatic rings. The Morgan fingerprint density at radius 2 is 2.00 bits per heavy atom. The first kappa shape index (κ1) is 12.6. The third-order valence-electron chi connectivity index (χ3n) is 2.00. The highest BCUT2D eigenvalue weighted by Gasteiger charge is 2.15. The zero-order valence-electron chi connectivity index (χ0n) is 8.12. The van der Waals surface area contributed by atoms with Crippen molar-refractivity contribution in [1.29, 1.82) is 0 Å². The van der Waals surface area contributed by atoms with Gasteiger partial charge in [-0.3, -0.25) is 4.79 Å². The van der Waals surface area contributed by atoms with Gasteiger partial charge in [-0.15, -0.1) is 0 Å². The first-order valence-electron chi connectivity index (χ1n) is 4.36. The van der Waals surface area contributed by atoms with Crippen LogP contribution in [0.25, 0.3) is 0 Å². The zero-order valence-corrected chi connectivity index (χ0v) is 8.93. The highest BCUT2D eigenvalue weighted by molar-refractivity contribution is 7.91. The maximum absolute atomic E-state index is 11.2. The van der Waals surface area contributed by atoms with Gasteiger partial charge in [-0.1, -0.05) is 13.8 Å². The van der Waals surface area contributed by atoms with E-state index in [0.717, 1.165) is 0 Å². The van der Waals surface area contributed by atoms with E-state index in [1.165, 1.54) is 0 Å². The van der Waals surface area contributed by atoms with Crippen LogP contribution in [0, 0.1) is 5.92 Å². The lowest BCUT2D eigenvalue weighted by Gasteiger charge is -2.06. The highest BCUT2D eigenvalue weighted by atomic mass is 32.2. The van der Waals surface area contributed by atoms with Gasteiger partial charge in [0, 0.05) is 24.6 Å². The van der Waals surface area contributed by atoms with Gasteiger partial charge >= 0.3 is 0 Å². The molecule has 0 spiro atoms. The first-order valence-corrected chi connectivity index (χ1v) is 6.18. The van der Waals surface area contributed by atoms with Crippen molar-refractivity contribution < 1.29 is 13.2 Å². The van der Waals surface area contributed by atoms with Crippen molar-refractivity contribution in [2.24, 2.45) is 11.7 Å². The summed E-state index contributed by atoms with van der Waals surface area (Å²) in [6.07, 6.45) is 0.0918. The molecule has 2 N–H and O–H groups in total. The Hall–Kier alpha value is -0.420. The third kappa shape index (κ3) is 5.00. The molecule has 78 valence electrons. The molecule has 0 rings (SSSR count). The predicted octanol–water partition coefficient (Wildman–Crippen LogP) is -0.0249. The maximum Gasteiger partial charge on any atom is 0.150 e. The van der Waals surface area contributed by atoms with E-state index in [0.29, 0.717) is 0 Å². The van der Waals surface area contributed by atoms with Crippen LogP contribution in [0.3, 0.4) is 0 Å². The van der Waals surface area contributed by atoms with Crippen LogP contribution in [0.5, 0.6) is 0 Å². The van der Waals surface area contributed by atoms with Crippen LogP contribution in [0.15, 0.2) is 0 Å². The monoisotopic (exact) mass is 207 g/mol. The largest absolute Gasteiger partial charge is 0.330 e. The molecule has 0 aliphatic carbocycles. The molecule has 4 nitrogen and oxygen atoms in total. The fourth-order valence-corrected chi connectivity index (χ4v) is 1.58. The summed E-state index contributed by atoms with van der Waals surface area (Å²) >= 11 is 0. The van der Waals surface area contributed by atoms with Crippen LogP contribution >= 0.6 is 0 Å². The molecule has 0 radical (unpaired) electrons. The molecule has 13 heavy (non-hydrogen) atoms. The number of hydrogen-bond donors (Lipinski definition) is 1. The second-order valence-corrected chi connectivity index (χ2v) is 5.56. The minimum absolute atomic E-state index is 0.0489. The second kappa shape index (κ2) is 5.34. The van der Waals surface area contributed by atoms with Gasteiger partial charge in [-0.2, -0.15) is 0 Å². The minimum Gasteiger partial charge on any atom is -0.330 e. The normalized spacial score (nSPS) is 14.1. The van der Waals surface area contributed by atoms with Crippen LogP contribution in [-0.4, -0.2) is 32.3 Å². The highest BCUT2D eigenvalue weighted by Crippen LogP contribution is 2.01. The summed E-state index contributed by atoms with van der Waals surface area (Å²) in [7, 11) is -3.02. The Morgan fingerprint density at radius 3 is 2.38 bits per heavy atom. The summed E-state index contributed by atoms with van der Waals surface area (Å²) < 4.78 is 22.1. The van der Waals surface area contributed by atoms with E-state index < -0.39 is 9.84 Å². The Kier molecular flexibility index (Phi) is 5.17. The number of sulfone groups is 1. The van der Waals surface area contributed by atoms with Gasteiger partial charge < -0.3 is 5.73 Å². The lowest BCUT2D eigenvalue weighted by atomic mass is 10.1. The standard InChI is InChI=1S/C8H17NO3S/c1-3-13(11,12)5-4-8(10)7(2)6-9/h7H,3-6,9H2,1-2H3. The predicted molar refractivity (Wildman–Crippen MR) is 52.2 cm³/mol. The summed E-state index contributed by atoms with van der Waals surface area (Å²) in [6, 6.07) is 0. The molecule has 0 aromatic heterocycles. The van der Waals surface area contributed by atoms with Crippen LogP contribution in [-0.2, 0) is 14.6 Å². The quantitative estimate of drug-likeness (QED) is 0.663. The Morgan fingerprint density at radius 1 is 1.46 bits per heavy atom. The average Bonchev–Trinajstić information content (AvgIpc) is 2.13. The van der Waals surface area contributed by atoms with E-state index >= 15 is 0 Å². The average molecular weight is 207 g/mol. The summed E-state index contributed by atoms with van der Waals surface area (Å²) in [5, 5.41) is 0. The molecule has 0 aromatic rings. The summed E-state index contributed by atoms with van der Waals surface area (Å²) in [4.78, 5) is 11.2. The summed E-state index contributed by atoms with van der Waals surface area (Å²) in [5.41, 5.74) is 5.27. The van der Waals surface area contributed by atoms with E-state index in [-0.39, 0.29) is 36.2 Å². The molecule has 1 atom stereocenters. The SMILES string of the molecule is CCS(=O)(=O)CCC(=O)C(C)CN. The van der Waals surface area contributed by atoms with Crippen LogP contribution < -0.4 is 5.73 Å². The van der Waals surface area contributed by atoms with Gasteiger partial charge in [0.05, 0.1) is 5.75 Å². The van der Waals surface area contributed by atoms with Gasteiger partial charge in [0.25, 0.3) is 0 Å². The molecule has 0 bridgehead atoms. The smallest absolute Gasteiger partial charge is 0.150 e. The minimum atomic E-state index is -3.02. The number of nitrogens with two attached hydrogens (primary N) is 1. The number of carbonyl (C=O) groups is 1. The molecule has 0 heterocycles. The molecule has 0 saturated carbocycles. The Bertz CT molecular complexity index is 259. The second-order valence-electron chi connectivity index (χ2n) is 3.09. The number of ketones is 1. The zero-order chi connectivity index (χ0) is 10.5. The van der Waals surface area contributed by atoms with E-state index in [1.807, 2.05) is 0 Å². The Balaban J connectivity index is 3.97. The lowest BCUT2D eigenvalue weighted by Crippen LogP contribution is -2.23. The molecule has 5 heteroatoms. The van der Waals surface area contributed by atoms with E-state index in [9.17, 15) is 13.2 Å². The molecule has 0 aliphatic heterocycles. The van der Waals surface area contributed by atoms with Gasteiger partial charge in [0.1, 0.15) is 15.6 Å². The van der Waals surface area contributed by atoms with Gasteiger partial charge in [-0.25, -0.2) is 8.42 Å². The van der Waals surface area contributed by atoms with Crippen molar-refractivity contribution >= 4 is 15.6 Å². The summed E-state index contributed by atoms with van der Waals surface area (Å²) in [6.45, 7) is 3.57. The van der Waals surface area contributed by atoms with E-state index in [1.54, 1.807) is 13.8 Å². The van der Waals surface area contributed by atoms with Crippen molar-refractivity contribution in [3.8, 4) is 0 Å². The van der Waals surface area contributed by atoms with Crippen molar-refractivity contribution in [2.45, 2.75) is 20.3 Å². The molecule has 0 aromatic carbocycles. The first-order chi connectivity index (χ1) is 5.93. The van der Waals surface area contributed by atoms with E-state index in [2.05, 4.69) is 0 Å². The molecule has 0 saturated heterocycles. The van der Waals surface area contributed by atoms with E-state index in [4.69, 9.17) is 5.73 Å². The Labute approximate surface area is 79.4 Å². The molecular weight excluding hydrogens is 190 g/mol. The van der Waals surface area contributed by atoms with Gasteiger partial charge in [-0.05, 0) is 0 Å². The molecular formula is C8H17NO3S. The number of carbonyl (C=O) groups excluding carboxylic acids is 1. The van der Waals surface area contributed by atoms with Crippen LogP contribution in [0.4, 0.5) is 0 Å². The van der Waals surface area contributed by atoms with Crippen LogP contribution in [0.2, 0.25) is 0 Å². The lowest BCUT2D eigenvalue weighted by molar-refractivity contribution is -0.121. The fourth-order valence-electron chi connectivity index (χ4n) is 0.778. The van der Waals surface area contributed by atoms with Crippen molar-refractivity contribution in [1.82, 2.24) is 0 Å². The number of hydrogen-bond acceptors (Lipinski definition) is 4. The third-order valence-corrected chi connectivity index (χ3v) is 3.71. The summed E-state index contributed by atoms with van der Waals surface area (Å²) in [5.74, 6) is -0.254. The molecule has 1 unspecified atom stereocenters. The topological polar surface area (TPSA) is 77.2 Å². The van der Waals surface area contributed by atoms with Crippen LogP contribution in [0.1, 0.15) is 20.3 Å². The molecule has 0 fully saturated rings. The molecule has 0 amide bonds. The van der Waals surface area contributed by atoms with Crippen molar-refractivity contribution in [3.05, 3.63) is 0 Å². The van der Waals surface area contributed by atoms with Crippen molar-refractivity contribution in [3.63, 3.8) is 0 Å². The number of Topliss-reactive ketones (excluding diaryl/α,β-unsaturated/α-hetero) is 1. The fraction of sp³-hybridized carbons (Fsp3) is 0.875.